The Hall–Kier alpha value is -3.42. The van der Waals surface area contributed by atoms with Gasteiger partial charge in [-0.25, -0.2) is 0 Å². The quantitative estimate of drug-likeness (QED) is 0.548. The molecular formula is C22H25N3O5. The predicted molar refractivity (Wildman–Crippen MR) is 113 cm³/mol. The number of nitro benzene ring substituents is 1. The SMILES string of the molecule is CN(C(=O)c1ccccc1NC(=O)COc1ccc([N+](=O)[O-])cc1)C1CCCCC1. The summed E-state index contributed by atoms with van der Waals surface area (Å²) in [5.74, 6) is -0.194. The van der Waals surface area contributed by atoms with E-state index in [1.807, 2.05) is 7.05 Å². The van der Waals surface area contributed by atoms with Crippen LogP contribution in [0.1, 0.15) is 42.5 Å². The minimum absolute atomic E-state index is 0.0543. The second kappa shape index (κ2) is 9.87. The Kier molecular flexibility index (Phi) is 7.00. The van der Waals surface area contributed by atoms with Crippen molar-refractivity contribution in [1.29, 1.82) is 0 Å². The van der Waals surface area contributed by atoms with Crippen LogP contribution in [0, 0.1) is 10.1 Å². The largest absolute Gasteiger partial charge is 0.484 e. The predicted octanol–water partition coefficient (Wildman–Crippen LogP) is 4.02. The van der Waals surface area contributed by atoms with E-state index in [-0.39, 0.29) is 24.2 Å². The number of carbonyl (C=O) groups excluding carboxylic acids is 2. The summed E-state index contributed by atoms with van der Waals surface area (Å²) < 4.78 is 5.39. The monoisotopic (exact) mass is 411 g/mol. The molecule has 3 rings (SSSR count). The molecule has 0 heterocycles. The Balaban J connectivity index is 1.61. The number of nitro groups is 1. The van der Waals surface area contributed by atoms with Gasteiger partial charge in [0, 0.05) is 25.2 Å². The van der Waals surface area contributed by atoms with Crippen LogP contribution in [-0.2, 0) is 4.79 Å². The number of hydrogen-bond donors (Lipinski definition) is 1. The van der Waals surface area contributed by atoms with Gasteiger partial charge in [0.2, 0.25) is 0 Å². The summed E-state index contributed by atoms with van der Waals surface area (Å²) in [6, 6.07) is 12.6. The number of nitrogens with zero attached hydrogens (tertiary/aromatic N) is 2. The molecule has 1 aliphatic carbocycles. The molecule has 1 aliphatic rings. The number of amides is 2. The number of benzene rings is 2. The van der Waals surface area contributed by atoms with Gasteiger partial charge in [0.25, 0.3) is 17.5 Å². The molecule has 2 amide bonds. The van der Waals surface area contributed by atoms with Crippen LogP contribution in [0.4, 0.5) is 11.4 Å². The zero-order valence-corrected chi connectivity index (χ0v) is 16.9. The third-order valence-electron chi connectivity index (χ3n) is 5.29. The van der Waals surface area contributed by atoms with E-state index in [4.69, 9.17) is 4.74 Å². The van der Waals surface area contributed by atoms with Crippen LogP contribution >= 0.6 is 0 Å². The third kappa shape index (κ3) is 5.34. The number of para-hydroxylation sites is 1. The van der Waals surface area contributed by atoms with E-state index in [0.29, 0.717) is 17.0 Å². The maximum Gasteiger partial charge on any atom is 0.269 e. The molecule has 2 aromatic carbocycles. The first kappa shape index (κ1) is 21.3. The van der Waals surface area contributed by atoms with Gasteiger partial charge < -0.3 is 15.0 Å². The van der Waals surface area contributed by atoms with Crippen molar-refractivity contribution < 1.29 is 19.2 Å². The van der Waals surface area contributed by atoms with E-state index in [0.717, 1.165) is 25.7 Å². The topological polar surface area (TPSA) is 102 Å². The Morgan fingerprint density at radius 1 is 1.10 bits per heavy atom. The van der Waals surface area contributed by atoms with E-state index in [1.54, 1.807) is 29.2 Å². The minimum atomic E-state index is -0.505. The van der Waals surface area contributed by atoms with Crippen LogP contribution in [0.2, 0.25) is 0 Å². The highest BCUT2D eigenvalue weighted by atomic mass is 16.6. The van der Waals surface area contributed by atoms with Gasteiger partial charge in [-0.3, -0.25) is 19.7 Å². The minimum Gasteiger partial charge on any atom is -0.484 e. The maximum atomic E-state index is 13.0. The molecule has 1 fully saturated rings. The molecular weight excluding hydrogens is 386 g/mol. The number of ether oxygens (including phenoxy) is 1. The lowest BCUT2D eigenvalue weighted by Crippen LogP contribution is -2.38. The smallest absolute Gasteiger partial charge is 0.269 e. The van der Waals surface area contributed by atoms with E-state index in [1.165, 1.54) is 30.7 Å². The lowest BCUT2D eigenvalue weighted by atomic mass is 9.94. The fourth-order valence-corrected chi connectivity index (χ4v) is 3.60. The summed E-state index contributed by atoms with van der Waals surface area (Å²) in [6.07, 6.45) is 5.46. The Morgan fingerprint density at radius 3 is 2.43 bits per heavy atom. The molecule has 30 heavy (non-hydrogen) atoms. The van der Waals surface area contributed by atoms with Crippen LogP contribution in [0.3, 0.4) is 0 Å². The number of hydrogen-bond acceptors (Lipinski definition) is 5. The summed E-state index contributed by atoms with van der Waals surface area (Å²) in [5, 5.41) is 13.4. The van der Waals surface area contributed by atoms with Gasteiger partial charge in [-0.2, -0.15) is 0 Å². The molecule has 0 unspecified atom stereocenters. The summed E-state index contributed by atoms with van der Waals surface area (Å²) in [7, 11) is 1.81. The Bertz CT molecular complexity index is 907. The van der Waals surface area contributed by atoms with E-state index in [9.17, 15) is 19.7 Å². The zero-order chi connectivity index (χ0) is 21.5. The van der Waals surface area contributed by atoms with E-state index < -0.39 is 10.8 Å². The molecule has 0 saturated heterocycles. The first-order valence-electron chi connectivity index (χ1n) is 9.99. The summed E-state index contributed by atoms with van der Waals surface area (Å²) >= 11 is 0. The van der Waals surface area contributed by atoms with Gasteiger partial charge in [-0.15, -0.1) is 0 Å². The molecule has 0 atom stereocenters. The molecule has 158 valence electrons. The highest BCUT2D eigenvalue weighted by molar-refractivity contribution is 6.04. The van der Waals surface area contributed by atoms with Crippen molar-refractivity contribution in [1.82, 2.24) is 4.90 Å². The highest BCUT2D eigenvalue weighted by Gasteiger charge is 2.24. The third-order valence-corrected chi connectivity index (χ3v) is 5.29. The maximum absolute atomic E-state index is 13.0. The second-order valence-corrected chi connectivity index (χ2v) is 7.34. The van der Waals surface area contributed by atoms with Gasteiger partial charge in [0.15, 0.2) is 6.61 Å². The summed E-state index contributed by atoms with van der Waals surface area (Å²) in [5.41, 5.74) is 0.818. The van der Waals surface area contributed by atoms with E-state index >= 15 is 0 Å². The lowest BCUT2D eigenvalue weighted by molar-refractivity contribution is -0.384. The van der Waals surface area contributed by atoms with Gasteiger partial charge in [0.1, 0.15) is 5.75 Å². The van der Waals surface area contributed by atoms with Crippen molar-refractivity contribution in [3.8, 4) is 5.75 Å². The Morgan fingerprint density at radius 2 is 1.77 bits per heavy atom. The van der Waals surface area contributed by atoms with Crippen LogP contribution in [-0.4, -0.2) is 41.3 Å². The van der Waals surface area contributed by atoms with Crippen molar-refractivity contribution in [3.63, 3.8) is 0 Å². The first-order chi connectivity index (χ1) is 14.5. The second-order valence-electron chi connectivity index (χ2n) is 7.34. The molecule has 8 heteroatoms. The molecule has 1 N–H and O–H groups in total. The van der Waals surface area contributed by atoms with Gasteiger partial charge in [-0.05, 0) is 37.1 Å². The number of carbonyl (C=O) groups is 2. The van der Waals surface area contributed by atoms with E-state index in [2.05, 4.69) is 5.32 Å². The molecule has 8 nitrogen and oxygen atoms in total. The Labute approximate surface area is 175 Å². The molecule has 0 radical (unpaired) electrons. The molecule has 2 aromatic rings. The van der Waals surface area contributed by atoms with Gasteiger partial charge >= 0.3 is 0 Å². The number of nitrogens with one attached hydrogen (secondary N) is 1. The first-order valence-corrected chi connectivity index (χ1v) is 9.99. The average molecular weight is 411 g/mol. The number of anilines is 1. The van der Waals surface area contributed by atoms with Gasteiger partial charge in [-0.1, -0.05) is 31.4 Å². The summed E-state index contributed by atoms with van der Waals surface area (Å²) in [6.45, 7) is -0.279. The van der Waals surface area contributed by atoms with Gasteiger partial charge in [0.05, 0.1) is 16.2 Å². The number of rotatable bonds is 7. The van der Waals surface area contributed by atoms with Crippen LogP contribution in [0.5, 0.6) is 5.75 Å². The molecule has 0 aromatic heterocycles. The van der Waals surface area contributed by atoms with Crippen molar-refractivity contribution >= 4 is 23.2 Å². The lowest BCUT2D eigenvalue weighted by Gasteiger charge is -2.31. The fraction of sp³-hybridized carbons (Fsp3) is 0.364. The van der Waals surface area contributed by atoms with Crippen LogP contribution in [0.25, 0.3) is 0 Å². The molecule has 0 spiro atoms. The van der Waals surface area contributed by atoms with Crippen molar-refractivity contribution in [3.05, 3.63) is 64.2 Å². The number of non-ortho nitro benzene ring substituents is 1. The molecule has 0 aliphatic heterocycles. The molecule has 0 bridgehead atoms. The standard InChI is InChI=1S/C22H25N3O5/c1-24(16-7-3-2-4-8-16)22(27)19-9-5-6-10-20(19)23-21(26)15-30-18-13-11-17(12-14-18)25(28)29/h5-6,9-14,16H,2-4,7-8,15H2,1H3,(H,23,26). The van der Waals surface area contributed by atoms with Crippen molar-refractivity contribution in [2.24, 2.45) is 0 Å². The zero-order valence-electron chi connectivity index (χ0n) is 16.9. The van der Waals surface area contributed by atoms with Crippen LogP contribution in [0.15, 0.2) is 48.5 Å². The van der Waals surface area contributed by atoms with Crippen LogP contribution < -0.4 is 10.1 Å². The fourth-order valence-electron chi connectivity index (χ4n) is 3.60. The summed E-state index contributed by atoms with van der Waals surface area (Å²) in [4.78, 5) is 37.3. The van der Waals surface area contributed by atoms with Crippen molar-refractivity contribution in [2.75, 3.05) is 19.0 Å². The highest BCUT2D eigenvalue weighted by Crippen LogP contribution is 2.25. The van der Waals surface area contributed by atoms with Crippen molar-refractivity contribution in [2.45, 2.75) is 38.1 Å². The normalized spacial score (nSPS) is 14.0. The average Bonchev–Trinajstić information content (AvgIpc) is 2.78. The molecule has 1 saturated carbocycles.